The zero-order valence-corrected chi connectivity index (χ0v) is 15.0. The molecule has 3 aromatic rings. The number of benzene rings is 1. The second-order valence-corrected chi connectivity index (χ2v) is 6.37. The van der Waals surface area contributed by atoms with E-state index in [2.05, 4.69) is 15.4 Å². The summed E-state index contributed by atoms with van der Waals surface area (Å²) in [4.78, 5) is 16.4. The number of pyridine rings is 1. The van der Waals surface area contributed by atoms with Crippen molar-refractivity contribution in [2.45, 2.75) is 25.6 Å². The monoisotopic (exact) mass is 364 g/mol. The average molecular weight is 364 g/mol. The van der Waals surface area contributed by atoms with Crippen LogP contribution in [-0.4, -0.2) is 33.9 Å². The predicted molar refractivity (Wildman–Crippen MR) is 98.7 cm³/mol. The Hall–Kier alpha value is -3.35. The number of carbonyl (C=O) groups excluding carboxylic acids is 1. The molecular formula is C20H20N4O3. The largest absolute Gasteiger partial charge is 0.497 e. The van der Waals surface area contributed by atoms with Crippen molar-refractivity contribution in [3.05, 3.63) is 71.8 Å². The number of methoxy groups -OCH3 is 1. The Morgan fingerprint density at radius 3 is 2.81 bits per heavy atom. The molecule has 1 N–H and O–H groups in total. The summed E-state index contributed by atoms with van der Waals surface area (Å²) in [7, 11) is 1.63. The molecule has 0 spiro atoms. The molecule has 0 aliphatic carbocycles. The van der Waals surface area contributed by atoms with Crippen LogP contribution in [0.3, 0.4) is 0 Å². The Morgan fingerprint density at radius 1 is 1.26 bits per heavy atom. The first kappa shape index (κ1) is 17.1. The molecule has 2 aromatic heterocycles. The number of amides is 1. The number of rotatable bonds is 6. The van der Waals surface area contributed by atoms with Crippen LogP contribution in [0.5, 0.6) is 11.5 Å². The maximum Gasteiger partial charge on any atom is 0.272 e. The predicted octanol–water partition coefficient (Wildman–Crippen LogP) is 2.22. The van der Waals surface area contributed by atoms with Crippen molar-refractivity contribution in [1.29, 1.82) is 0 Å². The highest BCUT2D eigenvalue weighted by molar-refractivity contribution is 5.92. The molecule has 0 saturated heterocycles. The molecule has 3 heterocycles. The van der Waals surface area contributed by atoms with Crippen LogP contribution in [0.2, 0.25) is 0 Å². The number of fused-ring (bicyclic) bond motifs is 1. The smallest absolute Gasteiger partial charge is 0.272 e. The molecule has 27 heavy (non-hydrogen) atoms. The van der Waals surface area contributed by atoms with E-state index in [1.807, 2.05) is 47.1 Å². The van der Waals surface area contributed by atoms with Crippen molar-refractivity contribution in [2.24, 2.45) is 0 Å². The van der Waals surface area contributed by atoms with E-state index in [9.17, 15) is 4.79 Å². The van der Waals surface area contributed by atoms with Gasteiger partial charge < -0.3 is 14.8 Å². The minimum absolute atomic E-state index is 0.00751. The number of nitrogens with zero attached hydrogens (tertiary/aromatic N) is 3. The summed E-state index contributed by atoms with van der Waals surface area (Å²) in [6.45, 7) is 1.06. The maximum absolute atomic E-state index is 12.4. The van der Waals surface area contributed by atoms with Gasteiger partial charge in [-0.25, -0.2) is 0 Å². The van der Waals surface area contributed by atoms with Crippen LogP contribution < -0.4 is 14.8 Å². The van der Waals surface area contributed by atoms with Gasteiger partial charge in [-0.2, -0.15) is 5.10 Å². The third kappa shape index (κ3) is 3.92. The van der Waals surface area contributed by atoms with Gasteiger partial charge in [-0.05, 0) is 35.9 Å². The number of nitrogens with one attached hydrogen (secondary N) is 1. The maximum atomic E-state index is 12.4. The Kier molecular flexibility index (Phi) is 4.74. The molecule has 138 valence electrons. The molecule has 1 aliphatic heterocycles. The van der Waals surface area contributed by atoms with Crippen molar-refractivity contribution >= 4 is 5.91 Å². The van der Waals surface area contributed by atoms with Gasteiger partial charge in [0, 0.05) is 24.9 Å². The number of hydrogen-bond acceptors (Lipinski definition) is 5. The SMILES string of the molecule is COc1ccc(CNC(=O)c2cc3n(n2)CC(Oc2cccnc2)C3)cc1. The number of carbonyl (C=O) groups is 1. The van der Waals surface area contributed by atoms with Crippen molar-refractivity contribution in [1.82, 2.24) is 20.1 Å². The third-order valence-corrected chi connectivity index (χ3v) is 4.46. The quantitative estimate of drug-likeness (QED) is 0.726. The van der Waals surface area contributed by atoms with Gasteiger partial charge in [0.15, 0.2) is 0 Å². The summed E-state index contributed by atoms with van der Waals surface area (Å²) < 4.78 is 12.9. The van der Waals surface area contributed by atoms with Gasteiger partial charge in [-0.1, -0.05) is 12.1 Å². The first-order valence-corrected chi connectivity index (χ1v) is 8.76. The molecule has 0 bridgehead atoms. The lowest BCUT2D eigenvalue weighted by Crippen LogP contribution is -2.24. The van der Waals surface area contributed by atoms with E-state index < -0.39 is 0 Å². The molecule has 4 rings (SSSR count). The van der Waals surface area contributed by atoms with Gasteiger partial charge in [0.05, 0.1) is 19.9 Å². The van der Waals surface area contributed by atoms with Gasteiger partial charge in [-0.15, -0.1) is 0 Å². The van der Waals surface area contributed by atoms with Crippen LogP contribution in [0.25, 0.3) is 0 Å². The van der Waals surface area contributed by atoms with Gasteiger partial charge in [-0.3, -0.25) is 14.5 Å². The highest BCUT2D eigenvalue weighted by atomic mass is 16.5. The Bertz CT molecular complexity index is 899. The summed E-state index contributed by atoms with van der Waals surface area (Å²) >= 11 is 0. The molecule has 7 heteroatoms. The van der Waals surface area contributed by atoms with Crippen molar-refractivity contribution in [2.75, 3.05) is 7.11 Å². The molecule has 1 unspecified atom stereocenters. The van der Waals surface area contributed by atoms with Crippen LogP contribution in [0.15, 0.2) is 54.9 Å². The Balaban J connectivity index is 1.32. The van der Waals surface area contributed by atoms with Crippen molar-refractivity contribution in [3.8, 4) is 11.5 Å². The summed E-state index contributed by atoms with van der Waals surface area (Å²) in [5.74, 6) is 1.35. The number of aromatic nitrogens is 3. The standard InChI is InChI=1S/C20H20N4O3/c1-26-16-6-4-14(5-7-16)11-22-20(25)19-10-15-9-18(13-24(15)23-19)27-17-3-2-8-21-12-17/h2-8,10,12,18H,9,11,13H2,1H3,(H,22,25). The summed E-state index contributed by atoms with van der Waals surface area (Å²) in [5.41, 5.74) is 2.43. The molecule has 0 radical (unpaired) electrons. The lowest BCUT2D eigenvalue weighted by Gasteiger charge is -2.12. The molecule has 7 nitrogen and oxygen atoms in total. The van der Waals surface area contributed by atoms with Crippen molar-refractivity contribution < 1.29 is 14.3 Å². The molecule has 1 aliphatic rings. The minimum atomic E-state index is -0.183. The van der Waals surface area contributed by atoms with Crippen LogP contribution in [0.1, 0.15) is 21.7 Å². The van der Waals surface area contributed by atoms with Crippen LogP contribution in [0, 0.1) is 0 Å². The van der Waals surface area contributed by atoms with Gasteiger partial charge >= 0.3 is 0 Å². The first-order valence-electron chi connectivity index (χ1n) is 8.76. The van der Waals surface area contributed by atoms with Gasteiger partial charge in [0.2, 0.25) is 0 Å². The second-order valence-electron chi connectivity index (χ2n) is 6.37. The lowest BCUT2D eigenvalue weighted by atomic mass is 10.2. The minimum Gasteiger partial charge on any atom is -0.497 e. The molecule has 1 atom stereocenters. The summed E-state index contributed by atoms with van der Waals surface area (Å²) in [6, 6.07) is 13.1. The third-order valence-electron chi connectivity index (χ3n) is 4.46. The van der Waals surface area contributed by atoms with Gasteiger partial charge in [0.1, 0.15) is 23.3 Å². The van der Waals surface area contributed by atoms with E-state index in [4.69, 9.17) is 9.47 Å². The first-order chi connectivity index (χ1) is 13.2. The van der Waals surface area contributed by atoms with E-state index in [0.717, 1.165) is 22.8 Å². The van der Waals surface area contributed by atoms with E-state index in [-0.39, 0.29) is 12.0 Å². The Labute approximate surface area is 156 Å². The van der Waals surface area contributed by atoms with E-state index in [1.54, 1.807) is 19.5 Å². The summed E-state index contributed by atoms with van der Waals surface area (Å²) in [6.07, 6.45) is 4.13. The fourth-order valence-electron chi connectivity index (χ4n) is 3.08. The highest BCUT2D eigenvalue weighted by Gasteiger charge is 2.26. The highest BCUT2D eigenvalue weighted by Crippen LogP contribution is 2.21. The number of hydrogen-bond donors (Lipinski definition) is 1. The second kappa shape index (κ2) is 7.49. The fourth-order valence-corrected chi connectivity index (χ4v) is 3.08. The van der Waals surface area contributed by atoms with E-state index in [1.165, 1.54) is 0 Å². The van der Waals surface area contributed by atoms with Crippen LogP contribution in [-0.2, 0) is 19.5 Å². The molecule has 1 aromatic carbocycles. The lowest BCUT2D eigenvalue weighted by molar-refractivity contribution is 0.0944. The van der Waals surface area contributed by atoms with E-state index >= 15 is 0 Å². The molecule has 0 fully saturated rings. The van der Waals surface area contributed by atoms with E-state index in [0.29, 0.717) is 25.2 Å². The Morgan fingerprint density at radius 2 is 2.11 bits per heavy atom. The van der Waals surface area contributed by atoms with Crippen molar-refractivity contribution in [3.63, 3.8) is 0 Å². The summed E-state index contributed by atoms with van der Waals surface area (Å²) in [5, 5.41) is 7.31. The van der Waals surface area contributed by atoms with Crippen LogP contribution in [0.4, 0.5) is 0 Å². The zero-order valence-electron chi connectivity index (χ0n) is 15.0. The molecule has 0 saturated carbocycles. The fraction of sp³-hybridized carbons (Fsp3) is 0.250. The average Bonchev–Trinajstić information content (AvgIpc) is 3.26. The number of ether oxygens (including phenoxy) is 2. The zero-order chi connectivity index (χ0) is 18.6. The van der Waals surface area contributed by atoms with Crippen LogP contribution >= 0.6 is 0 Å². The van der Waals surface area contributed by atoms with Gasteiger partial charge in [0.25, 0.3) is 5.91 Å². The topological polar surface area (TPSA) is 78.3 Å². The molecule has 1 amide bonds. The normalized spacial score (nSPS) is 15.2. The molecular weight excluding hydrogens is 344 g/mol.